The standard InChI is InChI=1S/C15H16F2N4O2/c1-9-18-14(23-19-9)13-8-21(6-5-20(13)2)15(22)11-7-10(16)3-4-12(11)17/h3-4,7,13H,5-6,8H2,1-2H3. The summed E-state index contributed by atoms with van der Waals surface area (Å²) in [6.45, 7) is 2.96. The number of halogens is 2. The Hall–Kier alpha value is -2.35. The Kier molecular flexibility index (Phi) is 4.08. The van der Waals surface area contributed by atoms with Crippen molar-refractivity contribution in [3.8, 4) is 0 Å². The van der Waals surface area contributed by atoms with Crippen molar-refractivity contribution in [1.29, 1.82) is 0 Å². The molecule has 0 saturated carbocycles. The van der Waals surface area contributed by atoms with Crippen LogP contribution in [0.1, 0.15) is 28.1 Å². The number of likely N-dealkylation sites (N-methyl/N-ethyl adjacent to an activating group) is 1. The molecule has 0 N–H and O–H groups in total. The highest BCUT2D eigenvalue weighted by Gasteiger charge is 2.33. The molecule has 2 heterocycles. The second-order valence-electron chi connectivity index (χ2n) is 5.55. The van der Waals surface area contributed by atoms with Crippen LogP contribution in [-0.2, 0) is 0 Å². The van der Waals surface area contributed by atoms with Crippen molar-refractivity contribution in [1.82, 2.24) is 19.9 Å². The third-order valence-electron chi connectivity index (χ3n) is 3.92. The van der Waals surface area contributed by atoms with Crippen LogP contribution in [0.3, 0.4) is 0 Å². The lowest BCUT2D eigenvalue weighted by Gasteiger charge is -2.37. The predicted molar refractivity (Wildman–Crippen MR) is 76.7 cm³/mol. The highest BCUT2D eigenvalue weighted by molar-refractivity contribution is 5.94. The average molecular weight is 322 g/mol. The summed E-state index contributed by atoms with van der Waals surface area (Å²) >= 11 is 0. The summed E-state index contributed by atoms with van der Waals surface area (Å²) in [5.74, 6) is -1.01. The van der Waals surface area contributed by atoms with Crippen LogP contribution in [-0.4, -0.2) is 52.5 Å². The molecule has 0 spiro atoms. The fourth-order valence-corrected chi connectivity index (χ4v) is 2.60. The predicted octanol–water partition coefficient (Wildman–Crippen LogP) is 1.79. The first kappa shape index (κ1) is 15.5. The number of piperazine rings is 1. The van der Waals surface area contributed by atoms with Gasteiger partial charge in [0.25, 0.3) is 5.91 Å². The van der Waals surface area contributed by atoms with Crippen molar-refractivity contribution in [3.05, 3.63) is 47.1 Å². The lowest BCUT2D eigenvalue weighted by molar-refractivity contribution is 0.0484. The number of carbonyl (C=O) groups is 1. The molecular weight excluding hydrogens is 306 g/mol. The van der Waals surface area contributed by atoms with Crippen molar-refractivity contribution >= 4 is 5.91 Å². The highest BCUT2D eigenvalue weighted by atomic mass is 19.1. The molecule has 1 aromatic carbocycles. The molecule has 1 saturated heterocycles. The van der Waals surface area contributed by atoms with E-state index in [1.807, 2.05) is 11.9 Å². The molecule has 0 bridgehead atoms. The number of carbonyl (C=O) groups excluding carboxylic acids is 1. The molecule has 8 heteroatoms. The van der Waals surface area contributed by atoms with Crippen LogP contribution in [0.25, 0.3) is 0 Å². The highest BCUT2D eigenvalue weighted by Crippen LogP contribution is 2.24. The van der Waals surface area contributed by atoms with Gasteiger partial charge in [0.15, 0.2) is 5.82 Å². The third-order valence-corrected chi connectivity index (χ3v) is 3.92. The van der Waals surface area contributed by atoms with Gasteiger partial charge >= 0.3 is 0 Å². The normalized spacial score (nSPS) is 19.1. The van der Waals surface area contributed by atoms with Crippen molar-refractivity contribution in [2.45, 2.75) is 13.0 Å². The maximum atomic E-state index is 13.8. The second-order valence-corrected chi connectivity index (χ2v) is 5.55. The quantitative estimate of drug-likeness (QED) is 0.843. The van der Waals surface area contributed by atoms with Gasteiger partial charge in [0.1, 0.15) is 17.7 Å². The first-order valence-corrected chi connectivity index (χ1v) is 7.20. The Balaban J connectivity index is 1.83. The Morgan fingerprint density at radius 3 is 2.83 bits per heavy atom. The molecule has 1 aliphatic heterocycles. The van der Waals surface area contributed by atoms with Crippen molar-refractivity contribution in [2.24, 2.45) is 0 Å². The SMILES string of the molecule is Cc1noc(C2CN(C(=O)c3cc(F)ccc3F)CCN2C)n1. The Labute approximate surface area is 131 Å². The van der Waals surface area contributed by atoms with E-state index in [0.29, 0.717) is 24.8 Å². The Bertz CT molecular complexity index is 734. The minimum absolute atomic E-state index is 0.269. The summed E-state index contributed by atoms with van der Waals surface area (Å²) in [6.07, 6.45) is 0. The summed E-state index contributed by atoms with van der Waals surface area (Å²) in [6, 6.07) is 2.59. The van der Waals surface area contributed by atoms with Crippen LogP contribution in [0.5, 0.6) is 0 Å². The van der Waals surface area contributed by atoms with Crippen molar-refractivity contribution in [3.63, 3.8) is 0 Å². The fourth-order valence-electron chi connectivity index (χ4n) is 2.60. The van der Waals surface area contributed by atoms with Gasteiger partial charge in [-0.2, -0.15) is 4.98 Å². The molecule has 1 aliphatic rings. The molecule has 1 amide bonds. The number of amides is 1. The molecule has 3 rings (SSSR count). The minimum Gasteiger partial charge on any atom is -0.338 e. The summed E-state index contributed by atoms with van der Waals surface area (Å²) < 4.78 is 32.3. The average Bonchev–Trinajstić information content (AvgIpc) is 2.96. The number of hydrogen-bond acceptors (Lipinski definition) is 5. The smallest absolute Gasteiger partial charge is 0.257 e. The van der Waals surface area contributed by atoms with Crippen LogP contribution in [0, 0.1) is 18.6 Å². The lowest BCUT2D eigenvalue weighted by atomic mass is 10.1. The molecule has 2 aromatic rings. The Morgan fingerprint density at radius 2 is 2.13 bits per heavy atom. The van der Waals surface area contributed by atoms with E-state index in [4.69, 9.17) is 4.52 Å². The molecule has 0 aliphatic carbocycles. The summed E-state index contributed by atoms with van der Waals surface area (Å²) in [5, 5.41) is 3.75. The van der Waals surface area contributed by atoms with Crippen LogP contribution in [0.15, 0.2) is 22.7 Å². The first-order valence-electron chi connectivity index (χ1n) is 7.20. The summed E-state index contributed by atoms with van der Waals surface area (Å²) in [5.41, 5.74) is -0.269. The van der Waals surface area contributed by atoms with Gasteiger partial charge < -0.3 is 9.42 Å². The van der Waals surface area contributed by atoms with Gasteiger partial charge in [-0.15, -0.1) is 0 Å². The topological polar surface area (TPSA) is 62.5 Å². The van der Waals surface area contributed by atoms with Crippen LogP contribution in [0.2, 0.25) is 0 Å². The zero-order valence-corrected chi connectivity index (χ0v) is 12.8. The van der Waals surface area contributed by atoms with E-state index >= 15 is 0 Å². The Morgan fingerprint density at radius 1 is 1.35 bits per heavy atom. The first-order chi connectivity index (χ1) is 11.0. The monoisotopic (exact) mass is 322 g/mol. The van der Waals surface area contributed by atoms with Gasteiger partial charge in [0.2, 0.25) is 5.89 Å². The number of hydrogen-bond donors (Lipinski definition) is 0. The summed E-state index contributed by atoms with van der Waals surface area (Å²) in [4.78, 5) is 20.1. The molecule has 1 aromatic heterocycles. The largest absolute Gasteiger partial charge is 0.338 e. The van der Waals surface area contributed by atoms with Gasteiger partial charge in [-0.3, -0.25) is 9.69 Å². The van der Waals surface area contributed by atoms with Crippen molar-refractivity contribution < 1.29 is 18.1 Å². The molecule has 1 fully saturated rings. The van der Waals surface area contributed by atoms with Crippen molar-refractivity contribution in [2.75, 3.05) is 26.7 Å². The minimum atomic E-state index is -0.736. The van der Waals surface area contributed by atoms with Crippen LogP contribution < -0.4 is 0 Å². The number of benzene rings is 1. The molecule has 0 radical (unpaired) electrons. The summed E-state index contributed by atoms with van der Waals surface area (Å²) in [7, 11) is 1.88. The maximum Gasteiger partial charge on any atom is 0.257 e. The lowest BCUT2D eigenvalue weighted by Crippen LogP contribution is -2.49. The number of aryl methyl sites for hydroxylation is 1. The van der Waals surface area contributed by atoms with E-state index < -0.39 is 17.5 Å². The van der Waals surface area contributed by atoms with E-state index in [9.17, 15) is 13.6 Å². The number of nitrogens with zero attached hydrogens (tertiary/aromatic N) is 4. The van der Waals surface area contributed by atoms with E-state index in [0.717, 1.165) is 18.2 Å². The molecule has 122 valence electrons. The van der Waals surface area contributed by atoms with E-state index in [1.54, 1.807) is 6.92 Å². The van der Waals surface area contributed by atoms with Gasteiger partial charge in [-0.25, -0.2) is 8.78 Å². The van der Waals surface area contributed by atoms with Gasteiger partial charge in [-0.1, -0.05) is 5.16 Å². The molecule has 1 atom stereocenters. The number of aromatic nitrogens is 2. The van der Waals surface area contributed by atoms with Gasteiger partial charge in [-0.05, 0) is 32.2 Å². The van der Waals surface area contributed by atoms with Crippen LogP contribution >= 0.6 is 0 Å². The van der Waals surface area contributed by atoms with E-state index in [-0.39, 0.29) is 18.2 Å². The molecule has 1 unspecified atom stereocenters. The molecular formula is C15H16F2N4O2. The molecule has 23 heavy (non-hydrogen) atoms. The zero-order valence-electron chi connectivity index (χ0n) is 12.8. The second kappa shape index (κ2) is 6.04. The van der Waals surface area contributed by atoms with Gasteiger partial charge in [0, 0.05) is 19.6 Å². The van der Waals surface area contributed by atoms with E-state index in [2.05, 4.69) is 10.1 Å². The third kappa shape index (κ3) is 3.07. The zero-order chi connectivity index (χ0) is 16.6. The maximum absolute atomic E-state index is 13.8. The van der Waals surface area contributed by atoms with E-state index in [1.165, 1.54) is 4.90 Å². The fraction of sp³-hybridized carbons (Fsp3) is 0.400. The van der Waals surface area contributed by atoms with Gasteiger partial charge in [0.05, 0.1) is 5.56 Å². The molecule has 6 nitrogen and oxygen atoms in total. The number of rotatable bonds is 2. The van der Waals surface area contributed by atoms with Crippen LogP contribution in [0.4, 0.5) is 8.78 Å².